The lowest BCUT2D eigenvalue weighted by molar-refractivity contribution is -0.140. The number of allylic oxidation sites excluding steroid dienone is 3. The van der Waals surface area contributed by atoms with Gasteiger partial charge in [0.15, 0.2) is 5.78 Å². The molecule has 6 rings (SSSR count). The Morgan fingerprint density at radius 3 is 2.05 bits per heavy atom. The Bertz CT molecular complexity index is 1640. The normalized spacial score (nSPS) is 18.3. The summed E-state index contributed by atoms with van der Waals surface area (Å²) in [6, 6.07) is 37.4. The molecule has 4 aromatic carbocycles. The van der Waals surface area contributed by atoms with Crippen LogP contribution in [0.1, 0.15) is 53.9 Å². The van der Waals surface area contributed by atoms with Gasteiger partial charge in [-0.25, -0.2) is 4.79 Å². The second-order valence-electron chi connectivity index (χ2n) is 10.8. The fourth-order valence-electron chi connectivity index (χ4n) is 5.97. The zero-order valence-electron chi connectivity index (χ0n) is 23.6. The summed E-state index contributed by atoms with van der Waals surface area (Å²) in [6.45, 7) is 2.40. The van der Waals surface area contributed by atoms with Crippen molar-refractivity contribution in [3.05, 3.63) is 160 Å². The molecule has 0 fully saturated rings. The highest BCUT2D eigenvalue weighted by Gasteiger charge is 2.42. The highest BCUT2D eigenvalue weighted by molar-refractivity contribution is 6.04. The predicted octanol–water partition coefficient (Wildman–Crippen LogP) is 7.37. The molecule has 5 heteroatoms. The van der Waals surface area contributed by atoms with Crippen LogP contribution < -0.4 is 10.1 Å². The van der Waals surface area contributed by atoms with Gasteiger partial charge in [-0.05, 0) is 42.0 Å². The molecule has 0 saturated carbocycles. The van der Waals surface area contributed by atoms with Crippen molar-refractivity contribution in [2.24, 2.45) is 0 Å². The Balaban J connectivity index is 1.38. The van der Waals surface area contributed by atoms with Crippen molar-refractivity contribution in [1.29, 1.82) is 0 Å². The summed E-state index contributed by atoms with van der Waals surface area (Å²) >= 11 is 0. The monoisotopic (exact) mass is 555 g/mol. The van der Waals surface area contributed by atoms with Gasteiger partial charge in [0.05, 0.1) is 11.5 Å². The lowest BCUT2D eigenvalue weighted by Gasteiger charge is -2.37. The summed E-state index contributed by atoms with van der Waals surface area (Å²) in [5.74, 6) is -0.327. The van der Waals surface area contributed by atoms with E-state index in [9.17, 15) is 9.59 Å². The molecule has 2 aliphatic rings. The molecular weight excluding hydrogens is 522 g/mol. The van der Waals surface area contributed by atoms with Crippen LogP contribution in [-0.2, 0) is 27.5 Å². The van der Waals surface area contributed by atoms with Gasteiger partial charge in [-0.2, -0.15) is 0 Å². The van der Waals surface area contributed by atoms with Crippen molar-refractivity contribution in [3.8, 4) is 5.75 Å². The Morgan fingerprint density at radius 1 is 0.762 bits per heavy atom. The van der Waals surface area contributed by atoms with Gasteiger partial charge in [-0.1, -0.05) is 109 Å². The van der Waals surface area contributed by atoms with Crippen LogP contribution >= 0.6 is 0 Å². The third-order valence-electron chi connectivity index (χ3n) is 8.00. The first-order valence-electron chi connectivity index (χ1n) is 14.3. The number of para-hydroxylation sites is 1. The zero-order valence-corrected chi connectivity index (χ0v) is 23.6. The number of ether oxygens (including phenoxy) is 2. The van der Waals surface area contributed by atoms with Gasteiger partial charge in [0.1, 0.15) is 19.0 Å². The molecule has 2 atom stereocenters. The number of nitrogens with one attached hydrogen (secondary N) is 1. The highest BCUT2D eigenvalue weighted by Crippen LogP contribution is 2.47. The minimum atomic E-state index is -0.610. The van der Waals surface area contributed by atoms with Crippen LogP contribution in [0.5, 0.6) is 5.75 Å². The molecule has 0 spiro atoms. The van der Waals surface area contributed by atoms with E-state index in [1.807, 2.05) is 110 Å². The van der Waals surface area contributed by atoms with Crippen molar-refractivity contribution in [3.63, 3.8) is 0 Å². The smallest absolute Gasteiger partial charge is 0.337 e. The Morgan fingerprint density at radius 2 is 1.36 bits per heavy atom. The average Bonchev–Trinajstić information content (AvgIpc) is 3.03. The van der Waals surface area contributed by atoms with Crippen LogP contribution in [0.2, 0.25) is 0 Å². The Kier molecular flexibility index (Phi) is 8.00. The van der Waals surface area contributed by atoms with Gasteiger partial charge in [0.2, 0.25) is 0 Å². The molecule has 1 aliphatic heterocycles. The molecule has 0 saturated heterocycles. The maximum atomic E-state index is 14.0. The van der Waals surface area contributed by atoms with E-state index in [0.29, 0.717) is 42.0 Å². The number of esters is 1. The molecule has 0 amide bonds. The Hall–Kier alpha value is -4.90. The topological polar surface area (TPSA) is 64.6 Å². The number of hydrogen-bond donors (Lipinski definition) is 1. The molecule has 1 aliphatic carbocycles. The van der Waals surface area contributed by atoms with Gasteiger partial charge in [0.25, 0.3) is 0 Å². The van der Waals surface area contributed by atoms with Crippen LogP contribution in [0.4, 0.5) is 0 Å². The summed E-state index contributed by atoms with van der Waals surface area (Å²) in [5, 5.41) is 3.45. The maximum Gasteiger partial charge on any atom is 0.337 e. The predicted molar refractivity (Wildman–Crippen MR) is 162 cm³/mol. The van der Waals surface area contributed by atoms with E-state index in [4.69, 9.17) is 9.47 Å². The van der Waals surface area contributed by atoms with Crippen molar-refractivity contribution in [1.82, 2.24) is 5.32 Å². The van der Waals surface area contributed by atoms with Gasteiger partial charge in [0, 0.05) is 29.0 Å². The van der Waals surface area contributed by atoms with Crippen LogP contribution in [0.3, 0.4) is 0 Å². The number of benzene rings is 4. The third-order valence-corrected chi connectivity index (χ3v) is 8.00. The molecule has 0 bridgehead atoms. The lowest BCUT2D eigenvalue weighted by atomic mass is 9.71. The number of hydrogen-bond acceptors (Lipinski definition) is 5. The summed E-state index contributed by atoms with van der Waals surface area (Å²) < 4.78 is 12.2. The minimum absolute atomic E-state index is 0.0290. The van der Waals surface area contributed by atoms with E-state index >= 15 is 0 Å². The zero-order chi connectivity index (χ0) is 28.9. The van der Waals surface area contributed by atoms with Crippen molar-refractivity contribution in [2.75, 3.05) is 0 Å². The molecular formula is C37H33NO4. The van der Waals surface area contributed by atoms with E-state index in [1.165, 1.54) is 0 Å². The summed E-state index contributed by atoms with van der Waals surface area (Å²) in [4.78, 5) is 27.9. The molecule has 42 heavy (non-hydrogen) atoms. The van der Waals surface area contributed by atoms with Gasteiger partial charge < -0.3 is 14.8 Å². The summed E-state index contributed by atoms with van der Waals surface area (Å²) in [7, 11) is 0. The number of ketones is 1. The molecule has 0 aromatic heterocycles. The van der Waals surface area contributed by atoms with Gasteiger partial charge in [-0.3, -0.25) is 4.79 Å². The molecule has 0 radical (unpaired) electrons. The number of carbonyl (C=O) groups excluding carboxylic acids is 2. The quantitative estimate of drug-likeness (QED) is 0.230. The van der Waals surface area contributed by atoms with E-state index in [2.05, 4.69) is 17.4 Å². The van der Waals surface area contributed by atoms with E-state index in [1.54, 1.807) is 0 Å². The third kappa shape index (κ3) is 5.77. The second kappa shape index (κ2) is 12.3. The van der Waals surface area contributed by atoms with Crippen LogP contribution in [-0.4, -0.2) is 11.8 Å². The Labute approximate surface area is 246 Å². The first-order valence-corrected chi connectivity index (χ1v) is 14.3. The first-order chi connectivity index (χ1) is 20.6. The van der Waals surface area contributed by atoms with E-state index in [-0.39, 0.29) is 18.3 Å². The van der Waals surface area contributed by atoms with E-state index in [0.717, 1.165) is 28.0 Å². The van der Waals surface area contributed by atoms with Crippen molar-refractivity contribution >= 4 is 11.8 Å². The van der Waals surface area contributed by atoms with Crippen LogP contribution in [0, 0.1) is 0 Å². The number of carbonyl (C=O) groups is 2. The number of Topliss-reactive ketones (excluding diaryl/α,β-unsaturated/α-hetero) is 1. The largest absolute Gasteiger partial charge is 0.489 e. The fourth-order valence-corrected chi connectivity index (χ4v) is 5.97. The summed E-state index contributed by atoms with van der Waals surface area (Å²) in [5.41, 5.74) is 6.46. The van der Waals surface area contributed by atoms with Crippen LogP contribution in [0.25, 0.3) is 0 Å². The van der Waals surface area contributed by atoms with Crippen molar-refractivity contribution in [2.45, 2.75) is 44.8 Å². The second-order valence-corrected chi connectivity index (χ2v) is 10.8. The fraction of sp³-hybridized carbons (Fsp3) is 0.189. The first kappa shape index (κ1) is 27.3. The molecule has 5 nitrogen and oxygen atoms in total. The number of dihydropyridines is 1. The van der Waals surface area contributed by atoms with Gasteiger partial charge in [-0.15, -0.1) is 0 Å². The van der Waals surface area contributed by atoms with Crippen LogP contribution in [0.15, 0.2) is 138 Å². The molecule has 1 heterocycles. The highest BCUT2D eigenvalue weighted by atomic mass is 16.5. The average molecular weight is 556 g/mol. The molecule has 1 N–H and O–H groups in total. The molecule has 0 unspecified atom stereocenters. The molecule has 210 valence electrons. The SMILES string of the molecule is CC1=C(C(=O)OCc2ccccc2)[C@H](c2ccccc2OCc2ccccc2)C2=C(C[C@H](c3ccccc3)CC2=O)N1. The van der Waals surface area contributed by atoms with Gasteiger partial charge >= 0.3 is 5.97 Å². The standard InChI is InChI=1S/C37H33NO4/c1-25-34(37(40)42-24-27-15-7-3-8-16-27)35(30-19-11-12-20-33(30)41-23-26-13-5-2-6-14-26)36-31(38-25)21-29(22-32(36)39)28-17-9-4-10-18-28/h2-20,29,35,38H,21-24H2,1H3/t29-,35-/m0/s1. The number of rotatable bonds is 8. The minimum Gasteiger partial charge on any atom is -0.489 e. The maximum absolute atomic E-state index is 14.0. The molecule has 4 aromatic rings. The van der Waals surface area contributed by atoms with E-state index < -0.39 is 11.9 Å². The van der Waals surface area contributed by atoms with Crippen molar-refractivity contribution < 1.29 is 19.1 Å². The lowest BCUT2D eigenvalue weighted by Crippen LogP contribution is -2.36. The summed E-state index contributed by atoms with van der Waals surface area (Å²) in [6.07, 6.45) is 1.05.